The van der Waals surface area contributed by atoms with Crippen molar-refractivity contribution in [1.82, 2.24) is 5.32 Å². The molecule has 0 saturated heterocycles. The second kappa shape index (κ2) is 5.68. The van der Waals surface area contributed by atoms with Crippen LogP contribution in [0.15, 0.2) is 12.1 Å². The molecule has 0 radical (unpaired) electrons. The smallest absolute Gasteiger partial charge is 0.309 e. The van der Waals surface area contributed by atoms with Gasteiger partial charge in [-0.15, -0.1) is 11.3 Å². The van der Waals surface area contributed by atoms with E-state index in [-0.39, 0.29) is 0 Å². The molecule has 5 heteroatoms. The summed E-state index contributed by atoms with van der Waals surface area (Å²) in [6.45, 7) is 4.14. The molecule has 0 aliphatic carbocycles. The van der Waals surface area contributed by atoms with Crippen LogP contribution in [-0.2, 0) is 13.0 Å². The number of hydrogen-bond donors (Lipinski definition) is 1. The highest BCUT2D eigenvalue weighted by Gasteiger charge is 2.29. The SMILES string of the molecule is CCc1ccc(CNC(C)CC(F)(F)F)s1. The molecule has 1 rings (SSSR count). The zero-order valence-corrected chi connectivity index (χ0v) is 10.2. The van der Waals surface area contributed by atoms with Crippen LogP contribution in [0.1, 0.15) is 30.0 Å². The van der Waals surface area contributed by atoms with Crippen LogP contribution in [-0.4, -0.2) is 12.2 Å². The van der Waals surface area contributed by atoms with Gasteiger partial charge in [0.05, 0.1) is 6.42 Å². The van der Waals surface area contributed by atoms with E-state index in [2.05, 4.69) is 12.2 Å². The third-order valence-corrected chi connectivity index (χ3v) is 3.46. The van der Waals surface area contributed by atoms with Crippen LogP contribution in [0.4, 0.5) is 13.2 Å². The molecule has 1 aromatic rings. The standard InChI is InChI=1S/C11H16F3NS/c1-3-9-4-5-10(16-9)7-15-8(2)6-11(12,13)14/h4-5,8,15H,3,6-7H2,1-2H3. The van der Waals surface area contributed by atoms with Gasteiger partial charge in [-0.1, -0.05) is 6.92 Å². The number of halogens is 3. The summed E-state index contributed by atoms with van der Waals surface area (Å²) in [4.78, 5) is 2.35. The lowest BCUT2D eigenvalue weighted by molar-refractivity contribution is -0.139. The summed E-state index contributed by atoms with van der Waals surface area (Å²) in [5.41, 5.74) is 0. The zero-order chi connectivity index (χ0) is 12.2. The Bertz CT molecular complexity index is 319. The van der Waals surface area contributed by atoms with Crippen LogP contribution in [0, 0.1) is 0 Å². The molecule has 1 heterocycles. The normalized spacial score (nSPS) is 14.1. The zero-order valence-electron chi connectivity index (χ0n) is 9.40. The number of hydrogen-bond acceptors (Lipinski definition) is 2. The van der Waals surface area contributed by atoms with Crippen molar-refractivity contribution in [3.63, 3.8) is 0 Å². The fourth-order valence-corrected chi connectivity index (χ4v) is 2.31. The summed E-state index contributed by atoms with van der Waals surface area (Å²) in [6.07, 6.45) is -3.89. The van der Waals surface area contributed by atoms with Crippen LogP contribution >= 0.6 is 11.3 Å². The molecule has 0 aliphatic heterocycles. The molecular formula is C11H16F3NS. The fraction of sp³-hybridized carbons (Fsp3) is 0.636. The van der Waals surface area contributed by atoms with Gasteiger partial charge < -0.3 is 5.32 Å². The molecule has 1 aromatic heterocycles. The van der Waals surface area contributed by atoms with Gasteiger partial charge in [0.25, 0.3) is 0 Å². The van der Waals surface area contributed by atoms with E-state index >= 15 is 0 Å². The first-order valence-corrected chi connectivity index (χ1v) is 6.10. The topological polar surface area (TPSA) is 12.0 Å². The van der Waals surface area contributed by atoms with Gasteiger partial charge in [-0.2, -0.15) is 13.2 Å². The van der Waals surface area contributed by atoms with Crippen molar-refractivity contribution in [3.8, 4) is 0 Å². The molecule has 1 unspecified atom stereocenters. The lowest BCUT2D eigenvalue weighted by Gasteiger charge is -2.14. The molecule has 0 aromatic carbocycles. The Morgan fingerprint density at radius 1 is 1.31 bits per heavy atom. The molecule has 16 heavy (non-hydrogen) atoms. The Hall–Kier alpha value is -0.550. The number of alkyl halides is 3. The van der Waals surface area contributed by atoms with Crippen LogP contribution in [0.5, 0.6) is 0 Å². The predicted molar refractivity (Wildman–Crippen MR) is 60.7 cm³/mol. The minimum atomic E-state index is -4.09. The molecule has 92 valence electrons. The van der Waals surface area contributed by atoms with Crippen molar-refractivity contribution in [2.75, 3.05) is 0 Å². The van der Waals surface area contributed by atoms with E-state index in [4.69, 9.17) is 0 Å². The Balaban J connectivity index is 2.34. The Labute approximate surface area is 97.7 Å². The molecule has 0 aliphatic rings. The lowest BCUT2D eigenvalue weighted by Crippen LogP contribution is -2.30. The second-order valence-electron chi connectivity index (χ2n) is 3.82. The van der Waals surface area contributed by atoms with Crippen LogP contribution in [0.25, 0.3) is 0 Å². The van der Waals surface area contributed by atoms with Crippen molar-refractivity contribution in [3.05, 3.63) is 21.9 Å². The quantitative estimate of drug-likeness (QED) is 0.840. The molecule has 1 nitrogen and oxygen atoms in total. The maximum atomic E-state index is 12.1. The largest absolute Gasteiger partial charge is 0.390 e. The van der Waals surface area contributed by atoms with E-state index in [1.54, 1.807) is 18.3 Å². The van der Waals surface area contributed by atoms with Crippen molar-refractivity contribution in [2.24, 2.45) is 0 Å². The van der Waals surface area contributed by atoms with E-state index in [1.165, 1.54) is 4.88 Å². The summed E-state index contributed by atoms with van der Waals surface area (Å²) in [5, 5.41) is 2.88. The van der Waals surface area contributed by atoms with Gasteiger partial charge in [-0.3, -0.25) is 0 Å². The van der Waals surface area contributed by atoms with E-state index in [9.17, 15) is 13.2 Å². The molecule has 1 N–H and O–H groups in total. The van der Waals surface area contributed by atoms with Crippen LogP contribution < -0.4 is 5.32 Å². The molecule has 0 bridgehead atoms. The van der Waals surface area contributed by atoms with Gasteiger partial charge in [0.15, 0.2) is 0 Å². The maximum absolute atomic E-state index is 12.1. The maximum Gasteiger partial charge on any atom is 0.390 e. The van der Waals surface area contributed by atoms with E-state index in [0.29, 0.717) is 6.54 Å². The average molecular weight is 251 g/mol. The number of rotatable bonds is 5. The summed E-state index contributed by atoms with van der Waals surface area (Å²) in [6, 6.07) is 3.46. The Morgan fingerprint density at radius 2 is 1.94 bits per heavy atom. The molecule has 0 saturated carbocycles. The van der Waals surface area contributed by atoms with E-state index in [0.717, 1.165) is 11.3 Å². The monoisotopic (exact) mass is 251 g/mol. The third-order valence-electron chi connectivity index (χ3n) is 2.23. The number of nitrogens with one attached hydrogen (secondary N) is 1. The van der Waals surface area contributed by atoms with Gasteiger partial charge >= 0.3 is 6.18 Å². The molecule has 1 atom stereocenters. The predicted octanol–water partition coefficient (Wildman–Crippen LogP) is 3.74. The van der Waals surface area contributed by atoms with Gasteiger partial charge in [-0.05, 0) is 25.5 Å². The summed E-state index contributed by atoms with van der Waals surface area (Å²) in [5.74, 6) is 0. The highest BCUT2D eigenvalue weighted by Crippen LogP contribution is 2.22. The summed E-state index contributed by atoms with van der Waals surface area (Å²) in [7, 11) is 0. The average Bonchev–Trinajstić information content (AvgIpc) is 2.59. The fourth-order valence-electron chi connectivity index (χ4n) is 1.40. The second-order valence-corrected chi connectivity index (χ2v) is 5.08. The molecule has 0 spiro atoms. The lowest BCUT2D eigenvalue weighted by atomic mass is 10.2. The first-order chi connectivity index (χ1) is 7.40. The van der Waals surface area contributed by atoms with Crippen molar-refractivity contribution < 1.29 is 13.2 Å². The summed E-state index contributed by atoms with van der Waals surface area (Å²) < 4.78 is 36.2. The van der Waals surface area contributed by atoms with Gasteiger partial charge in [0, 0.05) is 22.3 Å². The minimum Gasteiger partial charge on any atom is -0.309 e. The van der Waals surface area contributed by atoms with Crippen LogP contribution in [0.2, 0.25) is 0 Å². The number of thiophene rings is 1. The Morgan fingerprint density at radius 3 is 2.44 bits per heavy atom. The van der Waals surface area contributed by atoms with Crippen molar-refractivity contribution in [1.29, 1.82) is 0 Å². The highest BCUT2D eigenvalue weighted by atomic mass is 32.1. The van der Waals surface area contributed by atoms with E-state index < -0.39 is 18.6 Å². The van der Waals surface area contributed by atoms with Gasteiger partial charge in [0.1, 0.15) is 0 Å². The van der Waals surface area contributed by atoms with Crippen molar-refractivity contribution >= 4 is 11.3 Å². The Kier molecular flexibility index (Phi) is 4.80. The third kappa shape index (κ3) is 4.99. The summed E-state index contributed by atoms with van der Waals surface area (Å²) >= 11 is 1.65. The van der Waals surface area contributed by atoms with Crippen molar-refractivity contribution in [2.45, 2.75) is 45.5 Å². The molecule has 0 fully saturated rings. The van der Waals surface area contributed by atoms with Gasteiger partial charge in [-0.25, -0.2) is 0 Å². The highest BCUT2D eigenvalue weighted by molar-refractivity contribution is 7.11. The first kappa shape index (κ1) is 13.5. The first-order valence-electron chi connectivity index (χ1n) is 5.28. The molecular weight excluding hydrogens is 235 g/mol. The van der Waals surface area contributed by atoms with E-state index in [1.807, 2.05) is 12.1 Å². The van der Waals surface area contributed by atoms with Gasteiger partial charge in [0.2, 0.25) is 0 Å². The number of aryl methyl sites for hydroxylation is 1. The minimum absolute atomic E-state index is 0.516. The van der Waals surface area contributed by atoms with Crippen LogP contribution in [0.3, 0.4) is 0 Å². The molecule has 0 amide bonds.